The number of rotatable bonds is 8. The third kappa shape index (κ3) is 5.07. The Morgan fingerprint density at radius 2 is 1.74 bits per heavy atom. The van der Waals surface area contributed by atoms with Gasteiger partial charge in [-0.25, -0.2) is 12.8 Å². The summed E-state index contributed by atoms with van der Waals surface area (Å²) < 4.78 is 57.8. The third-order valence-corrected chi connectivity index (χ3v) is 6.94. The molecule has 0 unspecified atom stereocenters. The van der Waals surface area contributed by atoms with Gasteiger partial charge < -0.3 is 19.5 Å². The zero-order valence-electron chi connectivity index (χ0n) is 18.4. The van der Waals surface area contributed by atoms with Crippen molar-refractivity contribution in [2.75, 3.05) is 31.2 Å². The normalized spacial score (nSPS) is 12.6. The molecule has 0 atom stereocenters. The highest BCUT2D eigenvalue weighted by atomic mass is 32.2. The molecule has 3 aromatic rings. The first-order chi connectivity index (χ1) is 16.4. The van der Waals surface area contributed by atoms with Crippen molar-refractivity contribution < 1.29 is 31.8 Å². The number of methoxy groups -OCH3 is 1. The van der Waals surface area contributed by atoms with E-state index >= 15 is 0 Å². The lowest BCUT2D eigenvalue weighted by Crippen LogP contribution is -2.40. The second kappa shape index (κ2) is 10.0. The molecule has 178 valence electrons. The molecule has 10 heteroatoms. The first kappa shape index (κ1) is 23.4. The van der Waals surface area contributed by atoms with Crippen LogP contribution in [0.3, 0.4) is 0 Å². The molecule has 1 aliphatic heterocycles. The predicted molar refractivity (Wildman–Crippen MR) is 123 cm³/mol. The molecule has 0 fully saturated rings. The molecule has 4 rings (SSSR count). The Labute approximate surface area is 196 Å². The molecule has 1 amide bonds. The van der Waals surface area contributed by atoms with Crippen LogP contribution in [0.5, 0.6) is 17.2 Å². The van der Waals surface area contributed by atoms with E-state index in [-0.39, 0.29) is 17.1 Å². The number of nitrogens with one attached hydrogen (secondary N) is 1. The van der Waals surface area contributed by atoms with Crippen LogP contribution >= 0.6 is 0 Å². The Morgan fingerprint density at radius 1 is 1.03 bits per heavy atom. The van der Waals surface area contributed by atoms with Crippen molar-refractivity contribution in [1.29, 1.82) is 0 Å². The van der Waals surface area contributed by atoms with Crippen molar-refractivity contribution in [3.05, 3.63) is 78.1 Å². The van der Waals surface area contributed by atoms with E-state index in [0.29, 0.717) is 30.5 Å². The quantitative estimate of drug-likeness (QED) is 0.526. The van der Waals surface area contributed by atoms with E-state index in [9.17, 15) is 17.6 Å². The first-order valence-corrected chi connectivity index (χ1v) is 11.9. The van der Waals surface area contributed by atoms with Gasteiger partial charge in [-0.2, -0.15) is 0 Å². The van der Waals surface area contributed by atoms with Gasteiger partial charge in [0.05, 0.1) is 17.7 Å². The van der Waals surface area contributed by atoms with Gasteiger partial charge in [0.2, 0.25) is 5.91 Å². The first-order valence-electron chi connectivity index (χ1n) is 10.4. The molecule has 0 aromatic heterocycles. The van der Waals surface area contributed by atoms with Gasteiger partial charge in [0.1, 0.15) is 31.3 Å². The van der Waals surface area contributed by atoms with Gasteiger partial charge in [0.25, 0.3) is 10.0 Å². The van der Waals surface area contributed by atoms with Crippen molar-refractivity contribution in [3.63, 3.8) is 0 Å². The fourth-order valence-corrected chi connectivity index (χ4v) is 4.90. The summed E-state index contributed by atoms with van der Waals surface area (Å²) in [7, 11) is -2.68. The van der Waals surface area contributed by atoms with E-state index in [4.69, 9.17) is 14.2 Å². The second-order valence-corrected chi connectivity index (χ2v) is 9.24. The average molecular weight is 487 g/mol. The fraction of sp³-hybridized carbons (Fsp3) is 0.208. The molecule has 0 saturated carbocycles. The summed E-state index contributed by atoms with van der Waals surface area (Å²) in [4.78, 5) is 12.7. The Kier molecular flexibility index (Phi) is 6.87. The van der Waals surface area contributed by atoms with Crippen molar-refractivity contribution in [2.24, 2.45) is 0 Å². The van der Waals surface area contributed by atoms with Gasteiger partial charge >= 0.3 is 0 Å². The Bertz CT molecular complexity index is 1280. The molecule has 0 radical (unpaired) electrons. The largest absolute Gasteiger partial charge is 0.496 e. The number of anilines is 1. The lowest BCUT2D eigenvalue weighted by molar-refractivity contribution is -0.119. The van der Waals surface area contributed by atoms with Gasteiger partial charge in [-0.1, -0.05) is 18.2 Å². The minimum atomic E-state index is -4.20. The molecule has 0 aliphatic carbocycles. The zero-order chi connectivity index (χ0) is 24.1. The number of para-hydroxylation sites is 1. The number of nitrogens with zero attached hydrogens (tertiary/aromatic N) is 1. The van der Waals surface area contributed by atoms with Crippen molar-refractivity contribution in [2.45, 2.75) is 11.4 Å². The molecular weight excluding hydrogens is 463 g/mol. The molecule has 1 heterocycles. The lowest BCUT2D eigenvalue weighted by atomic mass is 10.2. The van der Waals surface area contributed by atoms with Crippen molar-refractivity contribution in [1.82, 2.24) is 5.32 Å². The summed E-state index contributed by atoms with van der Waals surface area (Å²) in [5.41, 5.74) is 0.880. The maximum Gasteiger partial charge on any atom is 0.264 e. The van der Waals surface area contributed by atoms with Gasteiger partial charge in [-0.3, -0.25) is 9.10 Å². The number of ether oxygens (including phenoxy) is 3. The van der Waals surface area contributed by atoms with Crippen LogP contribution in [0.25, 0.3) is 0 Å². The average Bonchev–Trinajstić information content (AvgIpc) is 2.86. The molecular formula is C24H23FN2O6S. The minimum Gasteiger partial charge on any atom is -0.496 e. The molecule has 1 aliphatic rings. The van der Waals surface area contributed by atoms with Crippen LogP contribution in [0.4, 0.5) is 10.1 Å². The number of sulfonamides is 1. The lowest BCUT2D eigenvalue weighted by Gasteiger charge is -2.25. The van der Waals surface area contributed by atoms with Crippen LogP contribution in [0.1, 0.15) is 5.56 Å². The van der Waals surface area contributed by atoms with Crippen molar-refractivity contribution in [3.8, 4) is 17.2 Å². The fourth-order valence-electron chi connectivity index (χ4n) is 3.46. The number of amides is 1. The smallest absolute Gasteiger partial charge is 0.264 e. The summed E-state index contributed by atoms with van der Waals surface area (Å²) in [6.45, 7) is 0.290. The molecule has 0 saturated heterocycles. The molecule has 1 N–H and O–H groups in total. The van der Waals surface area contributed by atoms with Gasteiger partial charge in [0, 0.05) is 18.2 Å². The van der Waals surface area contributed by atoms with Gasteiger partial charge in [-0.05, 0) is 42.5 Å². The van der Waals surface area contributed by atoms with E-state index in [0.717, 1.165) is 22.0 Å². The van der Waals surface area contributed by atoms with E-state index in [2.05, 4.69) is 5.32 Å². The summed E-state index contributed by atoms with van der Waals surface area (Å²) in [5, 5.41) is 2.71. The highest BCUT2D eigenvalue weighted by Crippen LogP contribution is 2.34. The van der Waals surface area contributed by atoms with Gasteiger partial charge in [-0.15, -0.1) is 0 Å². The predicted octanol–water partition coefficient (Wildman–Crippen LogP) is 3.12. The van der Waals surface area contributed by atoms with Gasteiger partial charge in [0.15, 0.2) is 11.5 Å². The minimum absolute atomic E-state index is 0.0846. The number of carbonyl (C=O) groups excluding carboxylic acids is 1. The molecule has 34 heavy (non-hydrogen) atoms. The van der Waals surface area contributed by atoms with Crippen LogP contribution in [-0.4, -0.2) is 41.2 Å². The number of hydrogen-bond acceptors (Lipinski definition) is 6. The Hall–Kier alpha value is -3.79. The van der Waals surface area contributed by atoms with Crippen LogP contribution in [-0.2, 0) is 21.4 Å². The SMILES string of the molecule is COc1ccccc1CNC(=O)CN(c1ccc(F)cc1)S(=O)(=O)c1ccc2c(c1)OCCO2. The maximum atomic E-state index is 13.5. The van der Waals surface area contributed by atoms with Crippen LogP contribution in [0.15, 0.2) is 71.6 Å². The number of benzene rings is 3. The monoisotopic (exact) mass is 486 g/mol. The Balaban J connectivity index is 1.60. The molecule has 3 aromatic carbocycles. The Morgan fingerprint density at radius 3 is 2.47 bits per heavy atom. The zero-order valence-corrected chi connectivity index (χ0v) is 19.2. The molecule has 0 bridgehead atoms. The number of halogens is 1. The van der Waals surface area contributed by atoms with Crippen LogP contribution in [0.2, 0.25) is 0 Å². The molecule has 8 nitrogen and oxygen atoms in total. The molecule has 0 spiro atoms. The highest BCUT2D eigenvalue weighted by molar-refractivity contribution is 7.92. The number of fused-ring (bicyclic) bond motifs is 1. The van der Waals surface area contributed by atoms with Crippen molar-refractivity contribution >= 4 is 21.6 Å². The third-order valence-electron chi connectivity index (χ3n) is 5.17. The summed E-state index contributed by atoms with van der Waals surface area (Å²) in [5.74, 6) is 0.264. The van der Waals surface area contributed by atoms with E-state index < -0.39 is 28.3 Å². The van der Waals surface area contributed by atoms with E-state index in [1.807, 2.05) is 0 Å². The standard InChI is InChI=1S/C24H23FN2O6S/c1-31-21-5-3-2-4-17(21)15-26-24(28)16-27(19-8-6-18(25)7-9-19)34(29,30)20-10-11-22-23(14-20)33-13-12-32-22/h2-11,14H,12-13,15-16H2,1H3,(H,26,28). The number of carbonyl (C=O) groups is 1. The number of hydrogen-bond donors (Lipinski definition) is 1. The topological polar surface area (TPSA) is 94.2 Å². The van der Waals surface area contributed by atoms with Crippen LogP contribution in [0, 0.1) is 5.82 Å². The second-order valence-electron chi connectivity index (χ2n) is 7.38. The van der Waals surface area contributed by atoms with E-state index in [1.165, 1.54) is 37.4 Å². The highest BCUT2D eigenvalue weighted by Gasteiger charge is 2.29. The summed E-state index contributed by atoms with van der Waals surface area (Å²) >= 11 is 0. The summed E-state index contributed by atoms with van der Waals surface area (Å²) in [6.07, 6.45) is 0. The maximum absolute atomic E-state index is 13.5. The van der Waals surface area contributed by atoms with Crippen LogP contribution < -0.4 is 23.8 Å². The summed E-state index contributed by atoms with van der Waals surface area (Å²) in [6, 6.07) is 16.3. The van der Waals surface area contributed by atoms with E-state index in [1.54, 1.807) is 24.3 Å².